The summed E-state index contributed by atoms with van der Waals surface area (Å²) in [5.74, 6) is 0.101. The van der Waals surface area contributed by atoms with E-state index in [-0.39, 0.29) is 22.6 Å². The molecule has 0 unspecified atom stereocenters. The largest absolute Gasteiger partial charge is 0.504 e. The molecule has 2 aromatic rings. The summed E-state index contributed by atoms with van der Waals surface area (Å²) in [6.07, 6.45) is 4.48. The summed E-state index contributed by atoms with van der Waals surface area (Å²) >= 11 is 0. The number of aromatic hydroxyl groups is 1. The third-order valence-corrected chi connectivity index (χ3v) is 4.10. The number of primary amides is 1. The molecule has 3 rings (SSSR count). The van der Waals surface area contributed by atoms with Crippen LogP contribution in [0.3, 0.4) is 0 Å². The molecule has 2 amide bonds. The summed E-state index contributed by atoms with van der Waals surface area (Å²) in [4.78, 5) is 27.9. The number of hydrogen-bond donors (Lipinski definition) is 3. The molecule has 0 bridgehead atoms. The molecule has 24 heavy (non-hydrogen) atoms. The number of urea groups is 1. The quantitative estimate of drug-likeness (QED) is 0.786. The molecule has 7 heteroatoms. The Morgan fingerprint density at radius 1 is 1.46 bits per heavy atom. The number of rotatable bonds is 2. The molecule has 1 aliphatic heterocycles. The van der Waals surface area contributed by atoms with Crippen molar-refractivity contribution in [1.82, 2.24) is 9.55 Å². The molecule has 0 fully saturated rings. The van der Waals surface area contributed by atoms with Crippen LogP contribution in [-0.2, 0) is 6.54 Å². The molecule has 0 saturated carbocycles. The number of nitrogens with two attached hydrogens (primary N) is 1. The molecule has 124 valence electrons. The number of nitrogens with zero attached hydrogens (tertiary/aromatic N) is 2. The first kappa shape index (κ1) is 15.8. The van der Waals surface area contributed by atoms with Crippen LogP contribution in [0.1, 0.15) is 26.0 Å². The van der Waals surface area contributed by atoms with E-state index >= 15 is 0 Å². The SMILES string of the molecule is C/C=C\C1=C(C)CCn2c1c(O)c1nc(NC(N)=O)ccc1c2=O. The van der Waals surface area contributed by atoms with Gasteiger partial charge >= 0.3 is 6.03 Å². The normalized spacial score (nSPS) is 14.2. The molecule has 0 aromatic carbocycles. The average Bonchev–Trinajstić information content (AvgIpc) is 2.54. The first-order chi connectivity index (χ1) is 11.4. The summed E-state index contributed by atoms with van der Waals surface area (Å²) in [7, 11) is 0. The summed E-state index contributed by atoms with van der Waals surface area (Å²) < 4.78 is 1.57. The molecule has 0 saturated heterocycles. The van der Waals surface area contributed by atoms with Gasteiger partial charge in [-0.05, 0) is 32.4 Å². The Bertz CT molecular complexity index is 970. The van der Waals surface area contributed by atoms with Crippen molar-refractivity contribution in [1.29, 1.82) is 0 Å². The Morgan fingerprint density at radius 2 is 2.21 bits per heavy atom. The standard InChI is InChI=1S/C17H18N4O3/c1-3-4-10-9(2)7-8-21-14(10)15(22)13-11(16(21)23)5-6-12(19-13)20-17(18)24/h3-6,22H,7-8H2,1-2H3,(H3,18,19,20,24)/b4-3-. The number of amides is 2. The highest BCUT2D eigenvalue weighted by Gasteiger charge is 2.23. The van der Waals surface area contributed by atoms with Gasteiger partial charge in [0.25, 0.3) is 5.56 Å². The van der Waals surface area contributed by atoms with Crippen LogP contribution in [0.25, 0.3) is 16.5 Å². The van der Waals surface area contributed by atoms with E-state index in [0.717, 1.165) is 17.6 Å². The van der Waals surface area contributed by atoms with Crippen molar-refractivity contribution in [3.05, 3.63) is 45.9 Å². The summed E-state index contributed by atoms with van der Waals surface area (Å²) in [5, 5.41) is 13.4. The van der Waals surface area contributed by atoms with Crippen molar-refractivity contribution in [3.8, 4) is 5.75 Å². The van der Waals surface area contributed by atoms with Crippen molar-refractivity contribution in [3.63, 3.8) is 0 Å². The van der Waals surface area contributed by atoms with Crippen LogP contribution in [0.15, 0.2) is 34.7 Å². The first-order valence-corrected chi connectivity index (χ1v) is 7.59. The second-order valence-electron chi connectivity index (χ2n) is 5.68. The van der Waals surface area contributed by atoms with Gasteiger partial charge in [0.15, 0.2) is 5.75 Å². The third kappa shape index (κ3) is 2.44. The molecular formula is C17H18N4O3. The topological polar surface area (TPSA) is 110 Å². The highest BCUT2D eigenvalue weighted by molar-refractivity contribution is 5.94. The summed E-state index contributed by atoms with van der Waals surface area (Å²) in [6.45, 7) is 4.36. The smallest absolute Gasteiger partial charge is 0.317 e. The predicted molar refractivity (Wildman–Crippen MR) is 92.9 cm³/mol. The van der Waals surface area contributed by atoms with Gasteiger partial charge in [-0.2, -0.15) is 0 Å². The van der Waals surface area contributed by atoms with Crippen molar-refractivity contribution in [2.24, 2.45) is 5.73 Å². The molecule has 0 radical (unpaired) electrons. The predicted octanol–water partition coefficient (Wildman–Crippen LogP) is 2.35. The second-order valence-corrected chi connectivity index (χ2v) is 5.68. The zero-order valence-corrected chi connectivity index (χ0v) is 13.5. The Labute approximate surface area is 138 Å². The molecule has 4 N–H and O–H groups in total. The van der Waals surface area contributed by atoms with E-state index in [2.05, 4.69) is 10.3 Å². The van der Waals surface area contributed by atoms with Gasteiger partial charge in [0.1, 0.15) is 11.3 Å². The van der Waals surface area contributed by atoms with Gasteiger partial charge < -0.3 is 15.4 Å². The second kappa shape index (κ2) is 5.84. The van der Waals surface area contributed by atoms with Gasteiger partial charge in [-0.1, -0.05) is 17.7 Å². The first-order valence-electron chi connectivity index (χ1n) is 7.59. The lowest BCUT2D eigenvalue weighted by atomic mass is 9.96. The number of carbonyl (C=O) groups is 1. The molecule has 0 atom stereocenters. The lowest BCUT2D eigenvalue weighted by molar-refractivity contribution is 0.259. The van der Waals surface area contributed by atoms with Gasteiger partial charge in [0.05, 0.1) is 11.1 Å². The number of anilines is 1. The van der Waals surface area contributed by atoms with E-state index in [9.17, 15) is 14.7 Å². The highest BCUT2D eigenvalue weighted by atomic mass is 16.3. The molecular weight excluding hydrogens is 308 g/mol. The van der Waals surface area contributed by atoms with Gasteiger partial charge in [0.2, 0.25) is 0 Å². The number of hydrogen-bond acceptors (Lipinski definition) is 4. The van der Waals surface area contributed by atoms with Gasteiger partial charge in [0, 0.05) is 12.1 Å². The van der Waals surface area contributed by atoms with Gasteiger partial charge in [-0.3, -0.25) is 10.1 Å². The Kier molecular flexibility index (Phi) is 3.84. The zero-order chi connectivity index (χ0) is 17.4. The maximum absolute atomic E-state index is 12.8. The third-order valence-electron chi connectivity index (χ3n) is 4.10. The van der Waals surface area contributed by atoms with E-state index in [1.807, 2.05) is 26.0 Å². The van der Waals surface area contributed by atoms with E-state index in [0.29, 0.717) is 17.6 Å². The molecule has 3 heterocycles. The fraction of sp³-hybridized carbons (Fsp3) is 0.235. The van der Waals surface area contributed by atoms with Gasteiger partial charge in [-0.15, -0.1) is 0 Å². The van der Waals surface area contributed by atoms with Crippen molar-refractivity contribution >= 4 is 28.3 Å². The van der Waals surface area contributed by atoms with E-state index in [4.69, 9.17) is 5.73 Å². The fourth-order valence-electron chi connectivity index (χ4n) is 2.99. The minimum atomic E-state index is -0.763. The Hall–Kier alpha value is -3.09. The van der Waals surface area contributed by atoms with Crippen molar-refractivity contribution in [2.45, 2.75) is 26.8 Å². The van der Waals surface area contributed by atoms with Crippen LogP contribution in [0.2, 0.25) is 0 Å². The molecule has 0 spiro atoms. The fourth-order valence-corrected chi connectivity index (χ4v) is 2.99. The van der Waals surface area contributed by atoms with Crippen LogP contribution in [0.5, 0.6) is 5.75 Å². The number of aromatic nitrogens is 2. The number of fused-ring (bicyclic) bond motifs is 2. The van der Waals surface area contributed by atoms with E-state index in [1.165, 1.54) is 12.1 Å². The van der Waals surface area contributed by atoms with Crippen LogP contribution in [0, 0.1) is 0 Å². The summed E-state index contributed by atoms with van der Waals surface area (Å²) in [6, 6.07) is 2.25. The van der Waals surface area contributed by atoms with Crippen LogP contribution >= 0.6 is 0 Å². The van der Waals surface area contributed by atoms with Crippen molar-refractivity contribution in [2.75, 3.05) is 5.32 Å². The van der Waals surface area contributed by atoms with Crippen LogP contribution in [-0.4, -0.2) is 20.7 Å². The maximum Gasteiger partial charge on any atom is 0.317 e. The minimum absolute atomic E-state index is 0.0788. The van der Waals surface area contributed by atoms with Gasteiger partial charge in [-0.25, -0.2) is 9.78 Å². The molecule has 1 aliphatic rings. The molecule has 0 aliphatic carbocycles. The van der Waals surface area contributed by atoms with Crippen LogP contribution in [0.4, 0.5) is 10.6 Å². The maximum atomic E-state index is 12.8. The number of nitrogens with one attached hydrogen (secondary N) is 1. The molecule has 2 aromatic heterocycles. The lowest BCUT2D eigenvalue weighted by Gasteiger charge is -2.23. The number of allylic oxidation sites excluding steroid dienone is 4. The zero-order valence-electron chi connectivity index (χ0n) is 13.5. The Balaban J connectivity index is 2.36. The summed E-state index contributed by atoms with van der Waals surface area (Å²) in [5.41, 5.74) is 7.39. The van der Waals surface area contributed by atoms with E-state index in [1.54, 1.807) is 4.57 Å². The monoisotopic (exact) mass is 326 g/mol. The highest BCUT2D eigenvalue weighted by Crippen LogP contribution is 2.36. The lowest BCUT2D eigenvalue weighted by Crippen LogP contribution is -2.27. The number of carbonyl (C=O) groups excluding carboxylic acids is 1. The van der Waals surface area contributed by atoms with E-state index < -0.39 is 6.03 Å². The molecule has 7 nitrogen and oxygen atoms in total. The average molecular weight is 326 g/mol. The van der Waals surface area contributed by atoms with Crippen molar-refractivity contribution < 1.29 is 9.90 Å². The number of pyridine rings is 2. The Morgan fingerprint density at radius 3 is 2.88 bits per heavy atom. The van der Waals surface area contributed by atoms with Crippen LogP contribution < -0.4 is 16.6 Å². The minimum Gasteiger partial charge on any atom is -0.504 e.